The van der Waals surface area contributed by atoms with Gasteiger partial charge in [-0.3, -0.25) is 0 Å². The Labute approximate surface area is 119 Å². The first-order chi connectivity index (χ1) is 8.86. The van der Waals surface area contributed by atoms with E-state index in [-0.39, 0.29) is 5.69 Å². The number of hydrogen-bond acceptors (Lipinski definition) is 2. The summed E-state index contributed by atoms with van der Waals surface area (Å²) in [5.74, 6) is -1.27. The topological polar surface area (TPSA) is 12.0 Å². The van der Waals surface area contributed by atoms with Gasteiger partial charge in [0.2, 0.25) is 0 Å². The minimum atomic E-state index is -4.69. The second-order valence-electron chi connectivity index (χ2n) is 3.78. The molecule has 2 rings (SSSR count). The molecule has 0 unspecified atom stereocenters. The van der Waals surface area contributed by atoms with Gasteiger partial charge < -0.3 is 5.32 Å². The molecule has 1 heterocycles. The monoisotopic (exact) mass is 353 g/mol. The summed E-state index contributed by atoms with van der Waals surface area (Å²) in [4.78, 5) is 0.963. The van der Waals surface area contributed by atoms with Crippen molar-refractivity contribution in [1.82, 2.24) is 0 Å². The first-order valence-corrected chi connectivity index (χ1v) is 6.87. The van der Waals surface area contributed by atoms with E-state index in [1.807, 2.05) is 11.4 Å². The molecule has 2 aromatic rings. The summed E-state index contributed by atoms with van der Waals surface area (Å²) in [5.41, 5.74) is -1.02. The fourth-order valence-corrected chi connectivity index (χ4v) is 2.88. The number of benzene rings is 1. The van der Waals surface area contributed by atoms with Crippen LogP contribution >= 0.6 is 27.3 Å². The third-order valence-electron chi connectivity index (χ3n) is 2.36. The highest BCUT2D eigenvalue weighted by molar-refractivity contribution is 9.10. The van der Waals surface area contributed by atoms with E-state index in [1.54, 1.807) is 0 Å². The Morgan fingerprint density at radius 1 is 1.21 bits per heavy atom. The van der Waals surface area contributed by atoms with Crippen LogP contribution in [-0.2, 0) is 12.7 Å². The molecular weight excluding hydrogens is 346 g/mol. The van der Waals surface area contributed by atoms with Crippen LogP contribution in [0.2, 0.25) is 0 Å². The van der Waals surface area contributed by atoms with E-state index in [2.05, 4.69) is 21.2 Å². The van der Waals surface area contributed by atoms with E-state index in [0.29, 0.717) is 6.54 Å². The van der Waals surface area contributed by atoms with Gasteiger partial charge >= 0.3 is 6.18 Å². The normalized spacial score (nSPS) is 11.6. The van der Waals surface area contributed by atoms with Crippen molar-refractivity contribution < 1.29 is 17.6 Å². The molecule has 1 aromatic carbocycles. The van der Waals surface area contributed by atoms with Crippen LogP contribution in [0.3, 0.4) is 0 Å². The lowest BCUT2D eigenvalue weighted by Gasteiger charge is -2.11. The Kier molecular flexibility index (Phi) is 4.15. The summed E-state index contributed by atoms with van der Waals surface area (Å²) >= 11 is 4.77. The average molecular weight is 354 g/mol. The predicted octanol–water partition coefficient (Wildman–Crippen LogP) is 5.28. The lowest BCUT2D eigenvalue weighted by atomic mass is 10.2. The molecule has 0 spiro atoms. The van der Waals surface area contributed by atoms with Gasteiger partial charge in [-0.1, -0.05) is 0 Å². The molecule has 0 aliphatic carbocycles. The van der Waals surface area contributed by atoms with Gasteiger partial charge in [-0.25, -0.2) is 4.39 Å². The van der Waals surface area contributed by atoms with Crippen molar-refractivity contribution in [2.75, 3.05) is 5.32 Å². The highest BCUT2D eigenvalue weighted by atomic mass is 79.9. The van der Waals surface area contributed by atoms with Gasteiger partial charge in [0.05, 0.1) is 5.56 Å². The first kappa shape index (κ1) is 14.3. The van der Waals surface area contributed by atoms with Crippen LogP contribution in [-0.4, -0.2) is 0 Å². The van der Waals surface area contributed by atoms with Crippen LogP contribution in [0.1, 0.15) is 10.4 Å². The van der Waals surface area contributed by atoms with Crippen LogP contribution in [0.25, 0.3) is 0 Å². The fraction of sp³-hybridized carbons (Fsp3) is 0.167. The molecule has 0 saturated carbocycles. The Bertz CT molecular complexity index is 579. The van der Waals surface area contributed by atoms with E-state index in [1.165, 1.54) is 17.4 Å². The van der Waals surface area contributed by atoms with Crippen molar-refractivity contribution in [3.63, 3.8) is 0 Å². The van der Waals surface area contributed by atoms with Crippen molar-refractivity contribution in [3.05, 3.63) is 50.4 Å². The molecular formula is C12H8BrF4NS. The number of nitrogens with one attached hydrogen (secondary N) is 1. The lowest BCUT2D eigenvalue weighted by Crippen LogP contribution is -2.09. The smallest absolute Gasteiger partial charge is 0.380 e. The molecule has 0 saturated heterocycles. The summed E-state index contributed by atoms with van der Waals surface area (Å²) in [6.07, 6.45) is -4.69. The average Bonchev–Trinajstić information content (AvgIpc) is 2.72. The van der Waals surface area contributed by atoms with E-state index < -0.39 is 17.6 Å². The Morgan fingerprint density at radius 2 is 1.95 bits per heavy atom. The zero-order chi connectivity index (χ0) is 14.0. The van der Waals surface area contributed by atoms with Crippen molar-refractivity contribution in [2.45, 2.75) is 12.7 Å². The summed E-state index contributed by atoms with van der Waals surface area (Å²) in [7, 11) is 0. The second kappa shape index (κ2) is 5.50. The van der Waals surface area contributed by atoms with E-state index in [0.717, 1.165) is 21.5 Å². The summed E-state index contributed by atoms with van der Waals surface area (Å²) in [6.45, 7) is 0.388. The van der Waals surface area contributed by atoms with Gasteiger partial charge in [-0.2, -0.15) is 13.2 Å². The second-order valence-corrected chi connectivity index (χ2v) is 5.69. The van der Waals surface area contributed by atoms with E-state index in [9.17, 15) is 17.6 Å². The molecule has 1 nitrogen and oxygen atoms in total. The first-order valence-electron chi connectivity index (χ1n) is 5.20. The maximum Gasteiger partial charge on any atom is 0.419 e. The minimum absolute atomic E-state index is 0.234. The van der Waals surface area contributed by atoms with Crippen molar-refractivity contribution in [1.29, 1.82) is 0 Å². The van der Waals surface area contributed by atoms with Crippen LogP contribution in [0.5, 0.6) is 0 Å². The molecule has 0 fully saturated rings. The zero-order valence-corrected chi connectivity index (χ0v) is 11.8. The van der Waals surface area contributed by atoms with Crippen molar-refractivity contribution in [3.8, 4) is 0 Å². The summed E-state index contributed by atoms with van der Waals surface area (Å²) < 4.78 is 51.6. The molecule has 1 N–H and O–H groups in total. The van der Waals surface area contributed by atoms with Gasteiger partial charge in [0.15, 0.2) is 0 Å². The van der Waals surface area contributed by atoms with Gasteiger partial charge in [-0.15, -0.1) is 11.3 Å². The number of thiophene rings is 1. The van der Waals surface area contributed by atoms with E-state index >= 15 is 0 Å². The summed E-state index contributed by atoms with van der Waals surface area (Å²) in [6, 6.07) is 4.74. The van der Waals surface area contributed by atoms with Crippen LogP contribution in [0, 0.1) is 5.82 Å². The Morgan fingerprint density at radius 3 is 2.53 bits per heavy atom. The third-order valence-corrected chi connectivity index (χ3v) is 4.06. The molecule has 0 bridgehead atoms. The highest BCUT2D eigenvalue weighted by Gasteiger charge is 2.34. The minimum Gasteiger partial charge on any atom is -0.380 e. The zero-order valence-electron chi connectivity index (χ0n) is 9.39. The van der Waals surface area contributed by atoms with Gasteiger partial charge in [-0.05, 0) is 40.2 Å². The molecule has 0 radical (unpaired) electrons. The fourth-order valence-electron chi connectivity index (χ4n) is 1.49. The van der Waals surface area contributed by atoms with E-state index in [4.69, 9.17) is 0 Å². The molecule has 7 heteroatoms. The number of anilines is 1. The molecule has 1 aromatic heterocycles. The van der Waals surface area contributed by atoms with Crippen LogP contribution in [0.4, 0.5) is 23.2 Å². The number of alkyl halides is 3. The molecule has 0 aliphatic rings. The largest absolute Gasteiger partial charge is 0.419 e. The highest BCUT2D eigenvalue weighted by Crippen LogP contribution is 2.33. The molecule has 19 heavy (non-hydrogen) atoms. The number of hydrogen-bond donors (Lipinski definition) is 1. The SMILES string of the molecule is Fc1ccc(NCc2cc(Br)cs2)cc1C(F)(F)F. The predicted molar refractivity (Wildman–Crippen MR) is 70.7 cm³/mol. The third kappa shape index (κ3) is 3.70. The molecule has 102 valence electrons. The van der Waals surface area contributed by atoms with Crippen molar-refractivity contribution >= 4 is 33.0 Å². The molecule has 0 amide bonds. The molecule has 0 aliphatic heterocycles. The summed E-state index contributed by atoms with van der Waals surface area (Å²) in [5, 5.41) is 4.71. The van der Waals surface area contributed by atoms with Gasteiger partial charge in [0.1, 0.15) is 5.82 Å². The Hall–Kier alpha value is -1.08. The van der Waals surface area contributed by atoms with Crippen LogP contribution < -0.4 is 5.32 Å². The maximum atomic E-state index is 13.1. The molecule has 0 atom stereocenters. The van der Waals surface area contributed by atoms with Crippen molar-refractivity contribution in [2.24, 2.45) is 0 Å². The quantitative estimate of drug-likeness (QED) is 0.740. The standard InChI is InChI=1S/C12H8BrF4NS/c13-7-3-9(19-6-7)5-18-8-1-2-11(14)10(4-8)12(15,16)17/h1-4,6,18H,5H2. The Balaban J connectivity index is 2.13. The number of halogens is 5. The maximum absolute atomic E-state index is 13.1. The van der Waals surface area contributed by atoms with Crippen LogP contribution in [0.15, 0.2) is 34.1 Å². The van der Waals surface area contributed by atoms with Gasteiger partial charge in [0, 0.05) is 27.0 Å². The van der Waals surface area contributed by atoms with Gasteiger partial charge in [0.25, 0.3) is 0 Å². The lowest BCUT2D eigenvalue weighted by molar-refractivity contribution is -0.139. The number of rotatable bonds is 3.